The van der Waals surface area contributed by atoms with Crippen LogP contribution in [0.5, 0.6) is 0 Å². The lowest BCUT2D eigenvalue weighted by Crippen LogP contribution is -2.44. The molecule has 4 unspecified atom stereocenters. The zero-order valence-electron chi connectivity index (χ0n) is 32.9. The largest absolute Gasteiger partial charge is 0.380 e. The minimum absolute atomic E-state index is 0.353. The van der Waals surface area contributed by atoms with E-state index in [-0.39, 0.29) is 0 Å². The van der Waals surface area contributed by atoms with Crippen LogP contribution in [-0.2, 0) is 14.2 Å². The summed E-state index contributed by atoms with van der Waals surface area (Å²) in [6.45, 7) is 19.3. The van der Waals surface area contributed by atoms with Gasteiger partial charge in [0.1, 0.15) is 0 Å². The van der Waals surface area contributed by atoms with Gasteiger partial charge in [0.2, 0.25) is 0 Å². The molecule has 3 aliphatic rings. The van der Waals surface area contributed by atoms with Crippen molar-refractivity contribution in [1.29, 1.82) is 0 Å². The highest BCUT2D eigenvalue weighted by Gasteiger charge is 2.49. The fourth-order valence-corrected chi connectivity index (χ4v) is 9.43. The van der Waals surface area contributed by atoms with E-state index in [9.17, 15) is 0 Å². The van der Waals surface area contributed by atoms with Crippen LogP contribution >= 0.6 is 0 Å². The molecule has 0 aromatic carbocycles. The molecule has 3 aliphatic carbocycles. The Morgan fingerprint density at radius 2 is 1.43 bits per heavy atom. The number of unbranched alkanes of at least 4 members (excludes halogenated alkanes) is 8. The first-order valence-electron chi connectivity index (χ1n) is 20.7. The highest BCUT2D eigenvalue weighted by Crippen LogP contribution is 2.58. The van der Waals surface area contributed by atoms with Crippen LogP contribution in [0.25, 0.3) is 0 Å². The summed E-state index contributed by atoms with van der Waals surface area (Å²) in [5, 5.41) is 0. The van der Waals surface area contributed by atoms with Crippen LogP contribution in [-0.4, -0.2) is 64.2 Å². The Labute approximate surface area is 293 Å². The van der Waals surface area contributed by atoms with Gasteiger partial charge in [-0.25, -0.2) is 0 Å². The Kier molecular flexibility index (Phi) is 18.9. The maximum absolute atomic E-state index is 6.56. The van der Waals surface area contributed by atoms with Gasteiger partial charge >= 0.3 is 0 Å². The van der Waals surface area contributed by atoms with Gasteiger partial charge in [0, 0.05) is 19.8 Å². The van der Waals surface area contributed by atoms with E-state index in [2.05, 4.69) is 66.6 Å². The molecule has 47 heavy (non-hydrogen) atoms. The summed E-state index contributed by atoms with van der Waals surface area (Å²) in [5.41, 5.74) is 2.64. The first-order chi connectivity index (χ1) is 22.6. The molecule has 0 amide bonds. The molecule has 2 saturated carbocycles. The summed E-state index contributed by atoms with van der Waals surface area (Å²) >= 11 is 0. The molecule has 0 aromatic rings. The van der Waals surface area contributed by atoms with Gasteiger partial charge in [-0.3, -0.25) is 0 Å². The first-order valence-corrected chi connectivity index (χ1v) is 20.7. The van der Waals surface area contributed by atoms with Gasteiger partial charge in [0.15, 0.2) is 0 Å². The van der Waals surface area contributed by atoms with Crippen molar-refractivity contribution >= 4 is 0 Å². The Hall–Kier alpha value is -0.420. The van der Waals surface area contributed by atoms with E-state index in [1.54, 1.807) is 5.57 Å². The molecule has 0 aromatic heterocycles. The van der Waals surface area contributed by atoms with E-state index in [0.717, 1.165) is 63.1 Å². The fraction of sp³-hybridized carbons (Fsp3) is 0.953. The first kappa shape index (κ1) is 41.0. The molecule has 0 heterocycles. The summed E-state index contributed by atoms with van der Waals surface area (Å²) in [6, 6.07) is 0.353. The van der Waals surface area contributed by atoms with Crippen LogP contribution in [0.3, 0.4) is 0 Å². The zero-order valence-corrected chi connectivity index (χ0v) is 32.9. The third kappa shape index (κ3) is 13.3. The number of rotatable bonds is 22. The third-order valence-corrected chi connectivity index (χ3v) is 13.2. The van der Waals surface area contributed by atoms with Crippen molar-refractivity contribution in [3.63, 3.8) is 0 Å². The fourth-order valence-electron chi connectivity index (χ4n) is 9.43. The lowest BCUT2D eigenvalue weighted by atomic mass is 9.53. The second-order valence-corrected chi connectivity index (χ2v) is 17.4. The van der Waals surface area contributed by atoms with Crippen molar-refractivity contribution in [3.05, 3.63) is 11.6 Å². The summed E-state index contributed by atoms with van der Waals surface area (Å²) in [5.74, 6) is 3.50. The average molecular weight is 660 g/mol. The molecule has 0 radical (unpaired) electrons. The van der Waals surface area contributed by atoms with Crippen molar-refractivity contribution in [2.24, 2.45) is 34.5 Å². The number of likely N-dealkylation sites (N-methyl/N-ethyl adjacent to an activating group) is 1. The monoisotopic (exact) mass is 660 g/mol. The molecule has 276 valence electrons. The topological polar surface area (TPSA) is 30.9 Å². The molecule has 0 saturated heterocycles. The summed E-state index contributed by atoms with van der Waals surface area (Å²) < 4.78 is 18.4. The maximum Gasteiger partial charge on any atom is 0.0644 e. The van der Waals surface area contributed by atoms with Gasteiger partial charge in [-0.15, -0.1) is 0 Å². The van der Waals surface area contributed by atoms with Crippen molar-refractivity contribution in [2.45, 2.75) is 182 Å². The summed E-state index contributed by atoms with van der Waals surface area (Å²) in [7, 11) is 4.25. The molecular weight excluding hydrogens is 578 g/mol. The van der Waals surface area contributed by atoms with E-state index in [1.807, 2.05) is 0 Å². The van der Waals surface area contributed by atoms with E-state index in [4.69, 9.17) is 14.2 Å². The van der Waals surface area contributed by atoms with E-state index < -0.39 is 0 Å². The third-order valence-electron chi connectivity index (χ3n) is 13.2. The molecule has 4 nitrogen and oxygen atoms in total. The molecule has 0 aliphatic heterocycles. The van der Waals surface area contributed by atoms with Crippen molar-refractivity contribution in [2.75, 3.05) is 47.1 Å². The van der Waals surface area contributed by atoms with Crippen LogP contribution < -0.4 is 0 Å². The van der Waals surface area contributed by atoms with E-state index in [1.165, 1.54) is 122 Å². The molecule has 2 fully saturated rings. The number of hydrogen-bond donors (Lipinski definition) is 0. The van der Waals surface area contributed by atoms with Gasteiger partial charge in [-0.05, 0) is 119 Å². The molecule has 0 bridgehead atoms. The smallest absolute Gasteiger partial charge is 0.0644 e. The number of allylic oxidation sites excluding steroid dienone is 1. The molecule has 0 N–H and O–H groups in total. The van der Waals surface area contributed by atoms with Crippen molar-refractivity contribution in [3.8, 4) is 0 Å². The normalized spacial score (nSPS) is 30.1. The van der Waals surface area contributed by atoms with Gasteiger partial charge < -0.3 is 19.1 Å². The molecule has 4 heteroatoms. The van der Waals surface area contributed by atoms with Crippen LogP contribution in [0.1, 0.15) is 170 Å². The molecule has 7 atom stereocenters. The predicted molar refractivity (Wildman–Crippen MR) is 202 cm³/mol. The Balaban J connectivity index is 1.32. The van der Waals surface area contributed by atoms with Crippen LogP contribution in [0.15, 0.2) is 11.6 Å². The maximum atomic E-state index is 6.56. The Morgan fingerprint density at radius 3 is 2.11 bits per heavy atom. The highest BCUT2D eigenvalue weighted by atomic mass is 16.5. The standard InChI is InChI=1S/C43H81NO3/c1-9-11-17-20-36-22-21-35(3)40-24-23-37-32-39(25-28-43(37,6)41(40)26-27-42(36,4)5)47-31-19-16-14-13-15-18-30-46-34-38(44(7)8)33-45-29-12-10-2/h23,35-36,38-41H,9-22,24-34H2,1-8H3/t35-,36-,38?,39?,40?,41-,43?/m0/s1. The summed E-state index contributed by atoms with van der Waals surface area (Å²) in [4.78, 5) is 2.23. The molecule has 0 spiro atoms. The van der Waals surface area contributed by atoms with Gasteiger partial charge in [-0.2, -0.15) is 0 Å². The number of hydrogen-bond acceptors (Lipinski definition) is 4. The lowest BCUT2D eigenvalue weighted by Gasteiger charge is -2.52. The van der Waals surface area contributed by atoms with E-state index in [0.29, 0.717) is 23.0 Å². The number of ether oxygens (including phenoxy) is 3. The highest BCUT2D eigenvalue weighted by molar-refractivity contribution is 5.23. The Morgan fingerprint density at radius 1 is 0.766 bits per heavy atom. The number of fused-ring (bicyclic) bond motifs is 3. The zero-order chi connectivity index (χ0) is 34.1. The lowest BCUT2D eigenvalue weighted by molar-refractivity contribution is -0.0109. The van der Waals surface area contributed by atoms with Gasteiger partial charge in [0.05, 0.1) is 25.4 Å². The van der Waals surface area contributed by atoms with Crippen LogP contribution in [0, 0.1) is 34.5 Å². The average Bonchev–Trinajstić information content (AvgIpc) is 3.08. The minimum atomic E-state index is 0.353. The van der Waals surface area contributed by atoms with Gasteiger partial charge in [0.25, 0.3) is 0 Å². The SMILES string of the molecule is CCCCC[C@H]1CC[C@H](C)C2CC=C3CC(OCCCCCCCCOCC(COCCCC)N(C)C)CCC3(C)[C@H]2CCC1(C)C. The predicted octanol–water partition coefficient (Wildman–Crippen LogP) is 11.7. The second kappa shape index (κ2) is 21.7. The van der Waals surface area contributed by atoms with Crippen LogP contribution in [0.2, 0.25) is 0 Å². The van der Waals surface area contributed by atoms with Crippen molar-refractivity contribution in [1.82, 2.24) is 4.90 Å². The van der Waals surface area contributed by atoms with Crippen molar-refractivity contribution < 1.29 is 14.2 Å². The van der Waals surface area contributed by atoms with Crippen LogP contribution in [0.4, 0.5) is 0 Å². The quantitative estimate of drug-likeness (QED) is 0.0855. The van der Waals surface area contributed by atoms with Gasteiger partial charge in [-0.1, -0.05) is 111 Å². The minimum Gasteiger partial charge on any atom is -0.380 e. The summed E-state index contributed by atoms with van der Waals surface area (Å²) in [6.07, 6.45) is 29.5. The molecule has 3 rings (SSSR count). The molecular formula is C43H81NO3. The number of nitrogens with zero attached hydrogens (tertiary/aromatic N) is 1. The van der Waals surface area contributed by atoms with E-state index >= 15 is 0 Å². The Bertz CT molecular complexity index is 854. The second-order valence-electron chi connectivity index (χ2n) is 17.4.